The summed E-state index contributed by atoms with van der Waals surface area (Å²) in [6.07, 6.45) is -0.812. The molecule has 0 saturated heterocycles. The maximum Gasteiger partial charge on any atom is 0.252 e. The fraction of sp³-hybridized carbons (Fsp3) is 0.278. The first-order valence-corrected chi connectivity index (χ1v) is 8.78. The largest absolute Gasteiger partial charge is 0.497 e. The van der Waals surface area contributed by atoms with Gasteiger partial charge in [-0.2, -0.15) is 0 Å². The van der Waals surface area contributed by atoms with Gasteiger partial charge in [-0.15, -0.1) is 0 Å². The van der Waals surface area contributed by atoms with E-state index in [-0.39, 0.29) is 19.1 Å². The van der Waals surface area contributed by atoms with Gasteiger partial charge in [-0.25, -0.2) is 0 Å². The number of rotatable bonds is 8. The Morgan fingerprint density at radius 3 is 2.68 bits per heavy atom. The minimum absolute atomic E-state index is 0.0737. The lowest BCUT2D eigenvalue weighted by Gasteiger charge is -2.13. The quantitative estimate of drug-likeness (QED) is 0.676. The van der Waals surface area contributed by atoms with Crippen molar-refractivity contribution in [2.75, 3.05) is 20.3 Å². The highest BCUT2D eigenvalue weighted by Crippen LogP contribution is 2.20. The minimum Gasteiger partial charge on any atom is -0.497 e. The summed E-state index contributed by atoms with van der Waals surface area (Å²) in [5.74, 6) is 0.429. The highest BCUT2D eigenvalue weighted by molar-refractivity contribution is 9.10. The van der Waals surface area contributed by atoms with Crippen molar-refractivity contribution in [1.82, 2.24) is 5.32 Å². The summed E-state index contributed by atoms with van der Waals surface area (Å²) in [7, 11) is 1.61. The van der Waals surface area contributed by atoms with E-state index < -0.39 is 6.10 Å². The van der Waals surface area contributed by atoms with Crippen molar-refractivity contribution in [2.45, 2.75) is 12.7 Å². The fourth-order valence-electron chi connectivity index (χ4n) is 2.07. The zero-order chi connectivity index (χ0) is 18.2. The van der Waals surface area contributed by atoms with E-state index in [0.29, 0.717) is 17.2 Å². The van der Waals surface area contributed by atoms with Crippen LogP contribution in [-0.2, 0) is 11.3 Å². The Kier molecular flexibility index (Phi) is 7.71. The summed E-state index contributed by atoms with van der Waals surface area (Å²) in [6.45, 7) is 0.551. The molecule has 0 aromatic heterocycles. The molecule has 0 aliphatic heterocycles. The zero-order valence-electron chi connectivity index (χ0n) is 13.7. The highest BCUT2D eigenvalue weighted by atomic mass is 79.9. The molecule has 0 aliphatic carbocycles. The second kappa shape index (κ2) is 9.77. The van der Waals surface area contributed by atoms with Crippen LogP contribution >= 0.6 is 27.5 Å². The number of aliphatic hydroxyl groups excluding tert-OH is 1. The molecule has 2 N–H and O–H groups in total. The van der Waals surface area contributed by atoms with E-state index in [0.717, 1.165) is 15.8 Å². The van der Waals surface area contributed by atoms with Gasteiger partial charge < -0.3 is 19.9 Å². The number of aliphatic hydroxyl groups is 1. The molecule has 1 amide bonds. The van der Waals surface area contributed by atoms with Crippen LogP contribution in [0, 0.1) is 0 Å². The van der Waals surface area contributed by atoms with Crippen LogP contribution in [0.1, 0.15) is 15.9 Å². The number of nitrogens with one attached hydrogen (secondary N) is 1. The Morgan fingerprint density at radius 1 is 1.28 bits per heavy atom. The first kappa shape index (κ1) is 19.7. The molecule has 0 unspecified atom stereocenters. The summed E-state index contributed by atoms with van der Waals surface area (Å²) < 4.78 is 11.3. The Hall–Kier alpha value is -1.60. The Balaban J connectivity index is 1.73. The number of amides is 1. The number of hydrogen-bond donors (Lipinski definition) is 2. The molecule has 25 heavy (non-hydrogen) atoms. The molecule has 1 atom stereocenters. The van der Waals surface area contributed by atoms with Crippen LogP contribution in [0.2, 0.25) is 5.02 Å². The third kappa shape index (κ3) is 6.32. The van der Waals surface area contributed by atoms with Gasteiger partial charge in [0.25, 0.3) is 5.91 Å². The average Bonchev–Trinajstić information content (AvgIpc) is 2.62. The zero-order valence-corrected chi connectivity index (χ0v) is 16.0. The summed E-state index contributed by atoms with van der Waals surface area (Å²) in [4.78, 5) is 12.1. The third-order valence-corrected chi connectivity index (χ3v) is 4.23. The van der Waals surface area contributed by atoms with Gasteiger partial charge in [0.1, 0.15) is 5.75 Å². The topological polar surface area (TPSA) is 67.8 Å². The van der Waals surface area contributed by atoms with Crippen LogP contribution < -0.4 is 10.1 Å². The fourth-order valence-corrected chi connectivity index (χ4v) is 2.64. The normalized spacial score (nSPS) is 11.8. The summed E-state index contributed by atoms with van der Waals surface area (Å²) in [5.41, 5.74) is 1.32. The first-order valence-electron chi connectivity index (χ1n) is 7.61. The molecule has 0 aliphatic rings. The minimum atomic E-state index is -0.812. The summed E-state index contributed by atoms with van der Waals surface area (Å²) in [6, 6.07) is 12.5. The van der Waals surface area contributed by atoms with E-state index in [1.54, 1.807) is 25.3 Å². The lowest BCUT2D eigenvalue weighted by Crippen LogP contribution is -2.34. The molecule has 134 valence electrons. The Labute approximate surface area is 160 Å². The van der Waals surface area contributed by atoms with E-state index >= 15 is 0 Å². The number of carbonyl (C=O) groups is 1. The SMILES string of the molecule is COc1ccc(COC[C@@H](O)CNC(=O)c2cc(Br)ccc2Cl)cc1. The molecular weight excluding hydrogens is 410 g/mol. The van der Waals surface area contributed by atoms with Crippen LogP contribution in [0.4, 0.5) is 0 Å². The lowest BCUT2D eigenvalue weighted by atomic mass is 10.2. The van der Waals surface area contributed by atoms with Crippen molar-refractivity contribution in [3.63, 3.8) is 0 Å². The molecule has 0 fully saturated rings. The summed E-state index contributed by atoms with van der Waals surface area (Å²) >= 11 is 9.30. The molecule has 7 heteroatoms. The highest BCUT2D eigenvalue weighted by Gasteiger charge is 2.13. The molecule has 0 radical (unpaired) electrons. The lowest BCUT2D eigenvalue weighted by molar-refractivity contribution is 0.0285. The van der Waals surface area contributed by atoms with Crippen molar-refractivity contribution in [1.29, 1.82) is 0 Å². The van der Waals surface area contributed by atoms with Gasteiger partial charge in [-0.1, -0.05) is 39.7 Å². The number of methoxy groups -OCH3 is 1. The average molecular weight is 429 g/mol. The molecular formula is C18H19BrClNO4. The van der Waals surface area contributed by atoms with E-state index in [2.05, 4.69) is 21.2 Å². The van der Waals surface area contributed by atoms with E-state index in [1.807, 2.05) is 24.3 Å². The molecule has 0 spiro atoms. The predicted octanol–water partition coefficient (Wildman–Crippen LogP) is 3.42. The van der Waals surface area contributed by atoms with Gasteiger partial charge in [0.05, 0.1) is 37.0 Å². The van der Waals surface area contributed by atoms with Crippen LogP contribution in [0.15, 0.2) is 46.9 Å². The first-order chi connectivity index (χ1) is 12.0. The van der Waals surface area contributed by atoms with Crippen LogP contribution in [0.5, 0.6) is 5.75 Å². The number of ether oxygens (including phenoxy) is 2. The monoisotopic (exact) mass is 427 g/mol. The third-order valence-electron chi connectivity index (χ3n) is 3.41. The Morgan fingerprint density at radius 2 is 2.00 bits per heavy atom. The van der Waals surface area contributed by atoms with Crippen LogP contribution in [0.25, 0.3) is 0 Å². The molecule has 0 bridgehead atoms. The molecule has 2 aromatic rings. The standard InChI is InChI=1S/C18H19BrClNO4/c1-24-15-5-2-12(3-6-15)10-25-11-14(22)9-21-18(23)16-8-13(19)4-7-17(16)20/h2-8,14,22H,9-11H2,1H3,(H,21,23)/t14-/m0/s1. The molecule has 2 rings (SSSR count). The molecule has 0 heterocycles. The van der Waals surface area contributed by atoms with Crippen molar-refractivity contribution < 1.29 is 19.4 Å². The maximum atomic E-state index is 12.1. The number of carbonyl (C=O) groups excluding carboxylic acids is 1. The van der Waals surface area contributed by atoms with Crippen molar-refractivity contribution in [2.24, 2.45) is 0 Å². The smallest absolute Gasteiger partial charge is 0.252 e. The van der Waals surface area contributed by atoms with Gasteiger partial charge in [-0.05, 0) is 35.9 Å². The van der Waals surface area contributed by atoms with Gasteiger partial charge in [0.2, 0.25) is 0 Å². The van der Waals surface area contributed by atoms with Crippen molar-refractivity contribution in [3.05, 3.63) is 63.1 Å². The molecule has 0 saturated carbocycles. The van der Waals surface area contributed by atoms with Crippen molar-refractivity contribution in [3.8, 4) is 5.75 Å². The number of benzene rings is 2. The van der Waals surface area contributed by atoms with Gasteiger partial charge >= 0.3 is 0 Å². The van der Waals surface area contributed by atoms with Crippen LogP contribution in [-0.4, -0.2) is 37.4 Å². The number of hydrogen-bond acceptors (Lipinski definition) is 4. The van der Waals surface area contributed by atoms with E-state index in [9.17, 15) is 9.90 Å². The van der Waals surface area contributed by atoms with Crippen LogP contribution in [0.3, 0.4) is 0 Å². The van der Waals surface area contributed by atoms with Crippen molar-refractivity contribution >= 4 is 33.4 Å². The predicted molar refractivity (Wildman–Crippen MR) is 100 cm³/mol. The van der Waals surface area contributed by atoms with Gasteiger partial charge in [0.15, 0.2) is 0 Å². The second-order valence-corrected chi connectivity index (χ2v) is 6.67. The van der Waals surface area contributed by atoms with Gasteiger partial charge in [0, 0.05) is 11.0 Å². The van der Waals surface area contributed by atoms with E-state index in [4.69, 9.17) is 21.1 Å². The summed E-state index contributed by atoms with van der Waals surface area (Å²) in [5, 5.41) is 12.9. The molecule has 2 aromatic carbocycles. The van der Waals surface area contributed by atoms with E-state index in [1.165, 1.54) is 0 Å². The Bertz CT molecular complexity index is 709. The maximum absolute atomic E-state index is 12.1. The molecule has 5 nitrogen and oxygen atoms in total. The second-order valence-electron chi connectivity index (χ2n) is 5.35. The van der Waals surface area contributed by atoms with Gasteiger partial charge in [-0.3, -0.25) is 4.79 Å². The number of halogens is 2.